The minimum Gasteiger partial charge on any atom is -0.402 e. The molecule has 0 aromatic carbocycles. The molecule has 2 rings (SSSR count). The summed E-state index contributed by atoms with van der Waals surface area (Å²) in [6.07, 6.45) is 0. The van der Waals surface area contributed by atoms with Crippen molar-refractivity contribution in [2.45, 2.75) is 44.8 Å². The quantitative estimate of drug-likeness (QED) is 0.806. The third kappa shape index (κ3) is 1.93. The lowest BCUT2D eigenvalue weighted by Gasteiger charge is -2.32. The average molecular weight is 239 g/mol. The van der Waals surface area contributed by atoms with Crippen molar-refractivity contribution in [3.63, 3.8) is 0 Å². The molecule has 2 heterocycles. The van der Waals surface area contributed by atoms with Crippen LogP contribution in [0.15, 0.2) is 17.5 Å². The third-order valence-electron chi connectivity index (χ3n) is 3.44. The largest absolute Gasteiger partial charge is 0.481 e. The van der Waals surface area contributed by atoms with Gasteiger partial charge in [-0.05, 0) is 39.1 Å². The highest BCUT2D eigenvalue weighted by atomic mass is 32.1. The molecule has 1 aromatic heterocycles. The highest BCUT2D eigenvalue weighted by Crippen LogP contribution is 2.39. The van der Waals surface area contributed by atoms with Gasteiger partial charge < -0.3 is 15.0 Å². The first kappa shape index (κ1) is 12.1. The standard InChI is InChI=1S/C11H18BNO2S/c1-10(2)11(3,4)15-12(14-10)9(13)8-6-5-7-16-8/h5-7,9H,13H2,1-4H3/t9-/m1/s1. The third-order valence-corrected chi connectivity index (χ3v) is 4.41. The first-order chi connectivity index (χ1) is 7.33. The summed E-state index contributed by atoms with van der Waals surface area (Å²) in [7, 11) is -0.358. The van der Waals surface area contributed by atoms with E-state index in [-0.39, 0.29) is 24.3 Å². The second kappa shape index (κ2) is 3.84. The first-order valence-corrected chi connectivity index (χ1v) is 6.36. The zero-order chi connectivity index (χ0) is 12.0. The highest BCUT2D eigenvalue weighted by molar-refractivity contribution is 7.10. The maximum atomic E-state index is 6.15. The summed E-state index contributed by atoms with van der Waals surface area (Å²) in [5.74, 6) is -0.207. The van der Waals surface area contributed by atoms with E-state index in [9.17, 15) is 0 Å². The molecule has 1 aliphatic rings. The highest BCUT2D eigenvalue weighted by Gasteiger charge is 2.53. The van der Waals surface area contributed by atoms with Crippen LogP contribution < -0.4 is 5.73 Å². The number of nitrogens with two attached hydrogens (primary N) is 1. The summed E-state index contributed by atoms with van der Waals surface area (Å²) in [4.78, 5) is 1.10. The lowest BCUT2D eigenvalue weighted by atomic mass is 9.78. The molecule has 1 aromatic rings. The number of hydrogen-bond donors (Lipinski definition) is 1. The van der Waals surface area contributed by atoms with Gasteiger partial charge in [-0.15, -0.1) is 11.3 Å². The summed E-state index contributed by atoms with van der Waals surface area (Å²) >= 11 is 1.63. The van der Waals surface area contributed by atoms with Crippen molar-refractivity contribution in [1.29, 1.82) is 0 Å². The maximum Gasteiger partial charge on any atom is 0.481 e. The molecule has 0 unspecified atom stereocenters. The Bertz CT molecular complexity index is 348. The van der Waals surface area contributed by atoms with E-state index in [1.165, 1.54) is 0 Å². The molecule has 0 radical (unpaired) electrons. The fraction of sp³-hybridized carbons (Fsp3) is 0.636. The molecule has 16 heavy (non-hydrogen) atoms. The first-order valence-electron chi connectivity index (χ1n) is 5.48. The minimum absolute atomic E-state index is 0.207. The van der Waals surface area contributed by atoms with Gasteiger partial charge in [0.05, 0.1) is 17.1 Å². The molecule has 2 N–H and O–H groups in total. The molecule has 0 saturated carbocycles. The van der Waals surface area contributed by atoms with Crippen molar-refractivity contribution in [2.75, 3.05) is 0 Å². The molecule has 0 aliphatic carbocycles. The Morgan fingerprint density at radius 2 is 1.81 bits per heavy atom. The molecule has 1 aliphatic heterocycles. The Labute approximate surface area is 101 Å². The zero-order valence-electron chi connectivity index (χ0n) is 10.2. The Hall–Kier alpha value is -0.355. The summed E-state index contributed by atoms with van der Waals surface area (Å²) in [6, 6.07) is 4.01. The molecule has 3 nitrogen and oxygen atoms in total. The van der Waals surface area contributed by atoms with E-state index < -0.39 is 0 Å². The smallest absolute Gasteiger partial charge is 0.402 e. The van der Waals surface area contributed by atoms with Gasteiger partial charge in [0, 0.05) is 4.88 Å². The molecule has 1 saturated heterocycles. The fourth-order valence-electron chi connectivity index (χ4n) is 1.65. The van der Waals surface area contributed by atoms with Gasteiger partial charge in [-0.1, -0.05) is 6.07 Å². The lowest BCUT2D eigenvalue weighted by molar-refractivity contribution is 0.00578. The van der Waals surface area contributed by atoms with Crippen LogP contribution in [0.4, 0.5) is 0 Å². The fourth-order valence-corrected chi connectivity index (χ4v) is 2.39. The van der Waals surface area contributed by atoms with Crippen LogP contribution in [0, 0.1) is 0 Å². The van der Waals surface area contributed by atoms with Crippen molar-refractivity contribution in [3.05, 3.63) is 22.4 Å². The number of hydrogen-bond acceptors (Lipinski definition) is 4. The average Bonchev–Trinajstić information content (AvgIpc) is 2.72. The van der Waals surface area contributed by atoms with Gasteiger partial charge >= 0.3 is 7.12 Å². The van der Waals surface area contributed by atoms with E-state index in [1.54, 1.807) is 11.3 Å². The molecule has 5 heteroatoms. The van der Waals surface area contributed by atoms with E-state index in [1.807, 2.05) is 45.2 Å². The van der Waals surface area contributed by atoms with E-state index >= 15 is 0 Å². The van der Waals surface area contributed by atoms with Crippen LogP contribution in [0.5, 0.6) is 0 Å². The minimum atomic E-state index is -0.358. The number of thiophene rings is 1. The SMILES string of the molecule is CC1(C)OB([C@H](N)c2cccs2)OC1(C)C. The van der Waals surface area contributed by atoms with Crippen molar-refractivity contribution >= 4 is 18.5 Å². The van der Waals surface area contributed by atoms with Crippen molar-refractivity contribution in [2.24, 2.45) is 5.73 Å². The van der Waals surface area contributed by atoms with E-state index in [2.05, 4.69) is 0 Å². The topological polar surface area (TPSA) is 44.5 Å². The molecule has 0 spiro atoms. The van der Waals surface area contributed by atoms with Crippen LogP contribution in [-0.4, -0.2) is 18.3 Å². The molecule has 0 bridgehead atoms. The predicted octanol–water partition coefficient (Wildman–Crippen LogP) is 2.38. The van der Waals surface area contributed by atoms with Gasteiger partial charge in [0.15, 0.2) is 0 Å². The molecule has 1 atom stereocenters. The molecular weight excluding hydrogens is 221 g/mol. The van der Waals surface area contributed by atoms with Crippen LogP contribution in [-0.2, 0) is 9.31 Å². The monoisotopic (exact) mass is 239 g/mol. The van der Waals surface area contributed by atoms with E-state index in [0.717, 1.165) is 4.88 Å². The van der Waals surface area contributed by atoms with Crippen LogP contribution >= 0.6 is 11.3 Å². The molecule has 88 valence electrons. The summed E-state index contributed by atoms with van der Waals surface area (Å²) in [5, 5.41) is 2.01. The van der Waals surface area contributed by atoms with Crippen molar-refractivity contribution < 1.29 is 9.31 Å². The van der Waals surface area contributed by atoms with Gasteiger partial charge in [0.25, 0.3) is 0 Å². The Morgan fingerprint density at radius 1 is 1.25 bits per heavy atom. The van der Waals surface area contributed by atoms with Crippen LogP contribution in [0.25, 0.3) is 0 Å². The second-order valence-electron chi connectivity index (χ2n) is 5.17. The van der Waals surface area contributed by atoms with Crippen LogP contribution in [0.3, 0.4) is 0 Å². The van der Waals surface area contributed by atoms with Crippen LogP contribution in [0.2, 0.25) is 0 Å². The Balaban J connectivity index is 2.15. The summed E-state index contributed by atoms with van der Waals surface area (Å²) in [5.41, 5.74) is 5.52. The lowest BCUT2D eigenvalue weighted by Crippen LogP contribution is -2.41. The van der Waals surface area contributed by atoms with Gasteiger partial charge in [0.2, 0.25) is 0 Å². The van der Waals surface area contributed by atoms with Gasteiger partial charge in [-0.2, -0.15) is 0 Å². The summed E-state index contributed by atoms with van der Waals surface area (Å²) < 4.78 is 11.8. The molecule has 0 amide bonds. The molecular formula is C11H18BNO2S. The Kier molecular flexibility index (Phi) is 2.91. The Morgan fingerprint density at radius 3 is 2.25 bits per heavy atom. The maximum absolute atomic E-state index is 6.15. The van der Waals surface area contributed by atoms with E-state index in [4.69, 9.17) is 15.0 Å². The van der Waals surface area contributed by atoms with Crippen molar-refractivity contribution in [3.8, 4) is 0 Å². The van der Waals surface area contributed by atoms with Gasteiger partial charge in [0.1, 0.15) is 0 Å². The summed E-state index contributed by atoms with van der Waals surface area (Å²) in [6.45, 7) is 8.14. The normalized spacial score (nSPS) is 24.7. The van der Waals surface area contributed by atoms with Gasteiger partial charge in [-0.3, -0.25) is 0 Å². The predicted molar refractivity (Wildman–Crippen MR) is 67.3 cm³/mol. The number of rotatable bonds is 2. The van der Waals surface area contributed by atoms with E-state index in [0.29, 0.717) is 0 Å². The van der Waals surface area contributed by atoms with Crippen LogP contribution in [0.1, 0.15) is 38.5 Å². The van der Waals surface area contributed by atoms with Crippen molar-refractivity contribution in [1.82, 2.24) is 0 Å². The molecule has 1 fully saturated rings. The zero-order valence-corrected chi connectivity index (χ0v) is 11.0. The van der Waals surface area contributed by atoms with Gasteiger partial charge in [-0.25, -0.2) is 0 Å². The second-order valence-corrected chi connectivity index (χ2v) is 6.15.